The fourth-order valence-corrected chi connectivity index (χ4v) is 3.36. The number of esters is 1. The smallest absolute Gasteiger partial charge is 0.379 e. The molecule has 0 amide bonds. The van der Waals surface area contributed by atoms with Crippen LogP contribution in [-0.2, 0) is 6.42 Å². The van der Waals surface area contributed by atoms with E-state index in [9.17, 15) is 10.1 Å². The highest BCUT2D eigenvalue weighted by molar-refractivity contribution is 5.88. The Morgan fingerprint density at radius 1 is 1.34 bits per heavy atom. The second-order valence-corrected chi connectivity index (χ2v) is 6.53. The zero-order valence-corrected chi connectivity index (χ0v) is 15.6. The van der Waals surface area contributed by atoms with Crippen LogP contribution in [-0.4, -0.2) is 16.2 Å². The lowest BCUT2D eigenvalue weighted by Crippen LogP contribution is -2.21. The molecule has 4 rings (SSSR count). The molecule has 0 aliphatic carbocycles. The fourth-order valence-electron chi connectivity index (χ4n) is 3.36. The van der Waals surface area contributed by atoms with Crippen LogP contribution in [0, 0.1) is 11.3 Å². The monoisotopic (exact) mass is 390 g/mol. The van der Waals surface area contributed by atoms with Gasteiger partial charge < -0.3 is 19.6 Å². The number of allylic oxidation sites excluding steroid dienone is 1. The molecule has 0 unspecified atom stereocenters. The van der Waals surface area contributed by atoms with Gasteiger partial charge in [0.05, 0.1) is 12.2 Å². The number of carbonyl (C=O) groups excluding carboxylic acids is 1. The molecule has 0 radical (unpaired) electrons. The molecule has 0 saturated heterocycles. The number of nitrogens with two attached hydrogens (primary N) is 1. The summed E-state index contributed by atoms with van der Waals surface area (Å²) in [5, 5.41) is 16.9. The largest absolute Gasteiger partial charge is 0.457 e. The molecule has 3 heterocycles. The number of carbonyl (C=O) groups is 1. The van der Waals surface area contributed by atoms with Gasteiger partial charge in [0.1, 0.15) is 17.4 Å². The van der Waals surface area contributed by atoms with E-state index in [1.807, 2.05) is 0 Å². The molecule has 1 aromatic carbocycles. The molecule has 3 aromatic rings. The van der Waals surface area contributed by atoms with Crippen LogP contribution in [0.2, 0.25) is 0 Å². The molecule has 8 heteroatoms. The molecule has 0 spiro atoms. The minimum absolute atomic E-state index is 0.0351. The summed E-state index contributed by atoms with van der Waals surface area (Å²) in [5.74, 6) is -0.111. The van der Waals surface area contributed by atoms with Crippen molar-refractivity contribution in [2.24, 2.45) is 5.73 Å². The Bertz CT molecular complexity index is 1100. The Kier molecular flexibility index (Phi) is 4.79. The van der Waals surface area contributed by atoms with Crippen LogP contribution in [0.5, 0.6) is 11.6 Å². The standard InChI is InChI=1S/C21H18N4O4/c1-2-4-15-18-17(14(11-22)19(23)29-20(18)25-24-15)12-6-8-13(9-7-12)28-21(26)16-5-3-10-27-16/h3,5-10,17H,2,4,23H2,1H3,(H,24,25)/t17-/m1/s1. The minimum atomic E-state index is -0.585. The van der Waals surface area contributed by atoms with Crippen LogP contribution in [0.4, 0.5) is 0 Å². The highest BCUT2D eigenvalue weighted by atomic mass is 16.5. The molecule has 1 atom stereocenters. The van der Waals surface area contributed by atoms with Crippen LogP contribution in [0.15, 0.2) is 58.5 Å². The van der Waals surface area contributed by atoms with Crippen LogP contribution in [0.3, 0.4) is 0 Å². The van der Waals surface area contributed by atoms with Gasteiger partial charge in [0, 0.05) is 11.3 Å². The van der Waals surface area contributed by atoms with E-state index in [0.29, 0.717) is 17.2 Å². The molecule has 0 fully saturated rings. The van der Waals surface area contributed by atoms with Crippen molar-refractivity contribution < 1.29 is 18.7 Å². The van der Waals surface area contributed by atoms with Crippen molar-refractivity contribution in [1.29, 1.82) is 5.26 Å². The van der Waals surface area contributed by atoms with E-state index < -0.39 is 11.9 Å². The third-order valence-electron chi connectivity index (χ3n) is 4.66. The number of benzene rings is 1. The van der Waals surface area contributed by atoms with E-state index >= 15 is 0 Å². The SMILES string of the molecule is CCCc1[nH]nc2c1[C@H](c1ccc(OC(=O)c3ccco3)cc1)C(C#N)=C(N)O2. The number of fused-ring (bicyclic) bond motifs is 1. The Balaban J connectivity index is 1.67. The lowest BCUT2D eigenvalue weighted by molar-refractivity contribution is 0.0701. The summed E-state index contributed by atoms with van der Waals surface area (Å²) in [6.07, 6.45) is 3.07. The zero-order chi connectivity index (χ0) is 20.4. The van der Waals surface area contributed by atoms with E-state index in [1.54, 1.807) is 30.3 Å². The van der Waals surface area contributed by atoms with Gasteiger partial charge in [-0.3, -0.25) is 5.10 Å². The van der Waals surface area contributed by atoms with Crippen molar-refractivity contribution in [3.63, 3.8) is 0 Å². The summed E-state index contributed by atoms with van der Waals surface area (Å²) < 4.78 is 15.9. The van der Waals surface area contributed by atoms with Gasteiger partial charge in [0.25, 0.3) is 0 Å². The van der Waals surface area contributed by atoms with Crippen LogP contribution < -0.4 is 15.2 Å². The van der Waals surface area contributed by atoms with E-state index in [-0.39, 0.29) is 11.6 Å². The maximum absolute atomic E-state index is 12.0. The zero-order valence-electron chi connectivity index (χ0n) is 15.6. The van der Waals surface area contributed by atoms with Gasteiger partial charge in [-0.25, -0.2) is 4.79 Å². The summed E-state index contributed by atoms with van der Waals surface area (Å²) in [4.78, 5) is 12.0. The van der Waals surface area contributed by atoms with Gasteiger partial charge in [0.15, 0.2) is 0 Å². The van der Waals surface area contributed by atoms with Crippen molar-refractivity contribution in [1.82, 2.24) is 10.2 Å². The third-order valence-corrected chi connectivity index (χ3v) is 4.66. The summed E-state index contributed by atoms with van der Waals surface area (Å²) in [7, 11) is 0. The van der Waals surface area contributed by atoms with Crippen LogP contribution in [0.1, 0.15) is 46.6 Å². The van der Waals surface area contributed by atoms with E-state index in [4.69, 9.17) is 19.6 Å². The second kappa shape index (κ2) is 7.56. The molecule has 1 aliphatic rings. The van der Waals surface area contributed by atoms with Gasteiger partial charge >= 0.3 is 5.97 Å². The molecule has 2 aromatic heterocycles. The van der Waals surface area contributed by atoms with Gasteiger partial charge in [-0.05, 0) is 36.2 Å². The Morgan fingerprint density at radius 3 is 2.79 bits per heavy atom. The molecule has 8 nitrogen and oxygen atoms in total. The molecular formula is C21H18N4O4. The van der Waals surface area contributed by atoms with E-state index in [0.717, 1.165) is 29.7 Å². The number of hydrogen-bond acceptors (Lipinski definition) is 7. The predicted octanol–water partition coefficient (Wildman–Crippen LogP) is 3.39. The number of hydrogen-bond donors (Lipinski definition) is 2. The highest BCUT2D eigenvalue weighted by Gasteiger charge is 2.34. The van der Waals surface area contributed by atoms with Crippen molar-refractivity contribution in [3.8, 4) is 17.7 Å². The summed E-state index contributed by atoms with van der Waals surface area (Å²) in [5.41, 5.74) is 8.80. The molecule has 0 bridgehead atoms. The highest BCUT2D eigenvalue weighted by Crippen LogP contribution is 2.43. The Labute approximate surface area is 166 Å². The molecule has 0 saturated carbocycles. The number of nitriles is 1. The number of furan rings is 1. The first kappa shape index (κ1) is 18.4. The number of nitrogens with zero attached hydrogens (tertiary/aromatic N) is 2. The molecule has 3 N–H and O–H groups in total. The van der Waals surface area contributed by atoms with Gasteiger partial charge in [-0.15, -0.1) is 5.10 Å². The van der Waals surface area contributed by atoms with Crippen LogP contribution >= 0.6 is 0 Å². The fraction of sp³-hybridized carbons (Fsp3) is 0.190. The number of aromatic amines is 1. The Morgan fingerprint density at radius 2 is 2.14 bits per heavy atom. The number of ether oxygens (including phenoxy) is 2. The van der Waals surface area contributed by atoms with Gasteiger partial charge in [0.2, 0.25) is 17.5 Å². The van der Waals surface area contributed by atoms with E-state index in [1.165, 1.54) is 12.3 Å². The maximum Gasteiger partial charge on any atom is 0.379 e. The normalized spacial score (nSPS) is 15.4. The number of H-pyrrole nitrogens is 1. The lowest BCUT2D eigenvalue weighted by atomic mass is 9.83. The first-order chi connectivity index (χ1) is 14.1. The topological polar surface area (TPSA) is 127 Å². The van der Waals surface area contributed by atoms with Crippen molar-refractivity contribution in [3.05, 3.63) is 76.7 Å². The van der Waals surface area contributed by atoms with E-state index in [2.05, 4.69) is 23.2 Å². The number of aryl methyl sites for hydroxylation is 1. The average molecular weight is 390 g/mol. The number of rotatable bonds is 5. The summed E-state index contributed by atoms with van der Waals surface area (Å²) >= 11 is 0. The van der Waals surface area contributed by atoms with Crippen LogP contribution in [0.25, 0.3) is 0 Å². The number of nitrogens with one attached hydrogen (secondary N) is 1. The lowest BCUT2D eigenvalue weighted by Gasteiger charge is -2.24. The van der Waals surface area contributed by atoms with Gasteiger partial charge in [-0.2, -0.15) is 5.26 Å². The number of aromatic nitrogens is 2. The minimum Gasteiger partial charge on any atom is -0.457 e. The predicted molar refractivity (Wildman–Crippen MR) is 102 cm³/mol. The average Bonchev–Trinajstić information content (AvgIpc) is 3.39. The summed E-state index contributed by atoms with van der Waals surface area (Å²) in [6.45, 7) is 2.06. The van der Waals surface area contributed by atoms with Crippen molar-refractivity contribution in [2.45, 2.75) is 25.7 Å². The Hall–Kier alpha value is -3.99. The van der Waals surface area contributed by atoms with Gasteiger partial charge in [-0.1, -0.05) is 25.5 Å². The third kappa shape index (κ3) is 3.34. The van der Waals surface area contributed by atoms with Crippen molar-refractivity contribution in [2.75, 3.05) is 0 Å². The molecule has 146 valence electrons. The first-order valence-corrected chi connectivity index (χ1v) is 9.12. The molecule has 1 aliphatic heterocycles. The van der Waals surface area contributed by atoms with Crippen molar-refractivity contribution >= 4 is 5.97 Å². The first-order valence-electron chi connectivity index (χ1n) is 9.12. The quantitative estimate of drug-likeness (QED) is 0.505. The maximum atomic E-state index is 12.0. The summed E-state index contributed by atoms with van der Waals surface area (Å²) in [6, 6.07) is 12.2. The molecular weight excluding hydrogens is 372 g/mol. The molecule has 29 heavy (non-hydrogen) atoms. The second-order valence-electron chi connectivity index (χ2n) is 6.53.